The Kier molecular flexibility index (Phi) is 7.44. The highest BCUT2D eigenvalue weighted by atomic mass is 19.4. The number of unbranched alkanes of at least 4 members (excludes halogenated alkanes) is 1. The molecular weight excluding hydrogens is 363 g/mol. The SMILES string of the molecule is CCCCNC(=O)C1CCCN(C(=O)c2ccc(OCC(F)(F)F)nc2)C1. The van der Waals surface area contributed by atoms with Gasteiger partial charge in [0, 0.05) is 31.9 Å². The van der Waals surface area contributed by atoms with Crippen molar-refractivity contribution >= 4 is 11.8 Å². The molecule has 0 aliphatic carbocycles. The van der Waals surface area contributed by atoms with Gasteiger partial charge in [0.05, 0.1) is 11.5 Å². The zero-order valence-electron chi connectivity index (χ0n) is 15.2. The van der Waals surface area contributed by atoms with Crippen molar-refractivity contribution in [1.82, 2.24) is 15.2 Å². The molecular formula is C18H24F3N3O3. The predicted molar refractivity (Wildman–Crippen MR) is 92.3 cm³/mol. The Balaban J connectivity index is 1.91. The summed E-state index contributed by atoms with van der Waals surface area (Å²) in [6.07, 6.45) is 0.0957. The van der Waals surface area contributed by atoms with Crippen LogP contribution in [-0.2, 0) is 4.79 Å². The van der Waals surface area contributed by atoms with Gasteiger partial charge in [-0.05, 0) is 25.3 Å². The zero-order valence-corrected chi connectivity index (χ0v) is 15.2. The molecule has 1 aliphatic rings. The van der Waals surface area contributed by atoms with Gasteiger partial charge in [-0.15, -0.1) is 0 Å². The predicted octanol–water partition coefficient (Wildman–Crippen LogP) is 2.79. The van der Waals surface area contributed by atoms with E-state index in [9.17, 15) is 22.8 Å². The highest BCUT2D eigenvalue weighted by Crippen LogP contribution is 2.20. The minimum atomic E-state index is -4.45. The van der Waals surface area contributed by atoms with E-state index in [1.54, 1.807) is 4.90 Å². The molecule has 1 atom stereocenters. The Morgan fingerprint density at radius 3 is 2.78 bits per heavy atom. The van der Waals surface area contributed by atoms with Gasteiger partial charge in [-0.1, -0.05) is 13.3 Å². The average molecular weight is 387 g/mol. The fraction of sp³-hybridized carbons (Fsp3) is 0.611. The summed E-state index contributed by atoms with van der Waals surface area (Å²) in [6.45, 7) is 2.09. The second-order valence-electron chi connectivity index (χ2n) is 6.52. The van der Waals surface area contributed by atoms with E-state index < -0.39 is 12.8 Å². The van der Waals surface area contributed by atoms with Crippen LogP contribution in [0.2, 0.25) is 0 Å². The van der Waals surface area contributed by atoms with E-state index in [1.807, 2.05) is 6.92 Å². The minimum absolute atomic E-state index is 0.0463. The Labute approximate surface area is 156 Å². The van der Waals surface area contributed by atoms with Gasteiger partial charge in [0.15, 0.2) is 6.61 Å². The molecule has 1 saturated heterocycles. The molecule has 150 valence electrons. The van der Waals surface area contributed by atoms with Crippen LogP contribution in [0.4, 0.5) is 13.2 Å². The van der Waals surface area contributed by atoms with Crippen LogP contribution < -0.4 is 10.1 Å². The summed E-state index contributed by atoms with van der Waals surface area (Å²) in [5, 5.41) is 2.89. The summed E-state index contributed by atoms with van der Waals surface area (Å²) in [5.41, 5.74) is 0.251. The summed E-state index contributed by atoms with van der Waals surface area (Å²) in [5.74, 6) is -0.788. The van der Waals surface area contributed by atoms with Crippen LogP contribution in [0, 0.1) is 5.92 Å². The van der Waals surface area contributed by atoms with E-state index in [4.69, 9.17) is 0 Å². The molecule has 9 heteroatoms. The number of carbonyl (C=O) groups is 2. The Bertz CT molecular complexity index is 635. The van der Waals surface area contributed by atoms with Gasteiger partial charge in [-0.2, -0.15) is 13.2 Å². The van der Waals surface area contributed by atoms with E-state index in [1.165, 1.54) is 18.3 Å². The lowest BCUT2D eigenvalue weighted by atomic mass is 9.96. The zero-order chi connectivity index (χ0) is 19.9. The van der Waals surface area contributed by atoms with Gasteiger partial charge < -0.3 is 15.0 Å². The quantitative estimate of drug-likeness (QED) is 0.731. The third kappa shape index (κ3) is 6.73. The number of amides is 2. The van der Waals surface area contributed by atoms with Crippen LogP contribution >= 0.6 is 0 Å². The summed E-state index contributed by atoms with van der Waals surface area (Å²) in [4.78, 5) is 30.1. The van der Waals surface area contributed by atoms with Crippen molar-refractivity contribution in [3.8, 4) is 5.88 Å². The number of alkyl halides is 3. The fourth-order valence-corrected chi connectivity index (χ4v) is 2.84. The van der Waals surface area contributed by atoms with Gasteiger partial charge in [0.2, 0.25) is 11.8 Å². The number of carbonyl (C=O) groups excluding carboxylic acids is 2. The molecule has 1 aromatic rings. The maximum absolute atomic E-state index is 12.6. The molecule has 1 fully saturated rings. The number of ether oxygens (including phenoxy) is 1. The molecule has 6 nitrogen and oxygen atoms in total. The largest absolute Gasteiger partial charge is 0.468 e. The summed E-state index contributed by atoms with van der Waals surface area (Å²) < 4.78 is 41.0. The van der Waals surface area contributed by atoms with E-state index in [2.05, 4.69) is 15.0 Å². The summed E-state index contributed by atoms with van der Waals surface area (Å²) >= 11 is 0. The molecule has 0 radical (unpaired) electrons. The first-order chi connectivity index (χ1) is 12.8. The van der Waals surface area contributed by atoms with Gasteiger partial charge in [-0.25, -0.2) is 4.98 Å². The van der Waals surface area contributed by atoms with Crippen molar-refractivity contribution in [1.29, 1.82) is 0 Å². The summed E-state index contributed by atoms with van der Waals surface area (Å²) in [6, 6.07) is 2.61. The molecule has 0 saturated carbocycles. The average Bonchev–Trinajstić information content (AvgIpc) is 2.66. The number of nitrogens with zero attached hydrogens (tertiary/aromatic N) is 2. The lowest BCUT2D eigenvalue weighted by Gasteiger charge is -2.32. The fourth-order valence-electron chi connectivity index (χ4n) is 2.84. The topological polar surface area (TPSA) is 71.5 Å². The minimum Gasteiger partial charge on any atom is -0.468 e. The van der Waals surface area contributed by atoms with E-state index >= 15 is 0 Å². The first-order valence-electron chi connectivity index (χ1n) is 9.02. The van der Waals surface area contributed by atoms with E-state index in [0.29, 0.717) is 19.6 Å². The van der Waals surface area contributed by atoms with Crippen molar-refractivity contribution in [2.45, 2.75) is 38.8 Å². The van der Waals surface area contributed by atoms with Crippen LogP contribution in [0.3, 0.4) is 0 Å². The Morgan fingerprint density at radius 2 is 2.15 bits per heavy atom. The molecule has 0 spiro atoms. The maximum Gasteiger partial charge on any atom is 0.422 e. The monoisotopic (exact) mass is 387 g/mol. The van der Waals surface area contributed by atoms with Gasteiger partial charge in [0.1, 0.15) is 0 Å². The number of nitrogens with one attached hydrogen (secondary N) is 1. The second kappa shape index (κ2) is 9.57. The van der Waals surface area contributed by atoms with Crippen molar-refractivity contribution < 1.29 is 27.5 Å². The highest BCUT2D eigenvalue weighted by molar-refractivity contribution is 5.94. The van der Waals surface area contributed by atoms with Crippen molar-refractivity contribution in [2.24, 2.45) is 5.92 Å². The second-order valence-corrected chi connectivity index (χ2v) is 6.52. The number of hydrogen-bond donors (Lipinski definition) is 1. The van der Waals surface area contributed by atoms with Crippen LogP contribution in [-0.4, -0.2) is 54.1 Å². The number of hydrogen-bond acceptors (Lipinski definition) is 4. The third-order valence-electron chi connectivity index (χ3n) is 4.28. The molecule has 0 aromatic carbocycles. The molecule has 1 unspecified atom stereocenters. The molecule has 1 aliphatic heterocycles. The molecule has 2 heterocycles. The van der Waals surface area contributed by atoms with Crippen molar-refractivity contribution in [3.63, 3.8) is 0 Å². The smallest absolute Gasteiger partial charge is 0.422 e. The van der Waals surface area contributed by atoms with Crippen molar-refractivity contribution in [2.75, 3.05) is 26.2 Å². The van der Waals surface area contributed by atoms with Gasteiger partial charge in [-0.3, -0.25) is 9.59 Å². The first-order valence-corrected chi connectivity index (χ1v) is 9.02. The number of piperidine rings is 1. The third-order valence-corrected chi connectivity index (χ3v) is 4.28. The van der Waals surface area contributed by atoms with Crippen LogP contribution in [0.15, 0.2) is 18.3 Å². The molecule has 2 amide bonds. The van der Waals surface area contributed by atoms with Gasteiger partial charge in [0.25, 0.3) is 5.91 Å². The number of pyridine rings is 1. The number of likely N-dealkylation sites (tertiary alicyclic amines) is 1. The highest BCUT2D eigenvalue weighted by Gasteiger charge is 2.30. The molecule has 1 N–H and O–H groups in total. The Hall–Kier alpha value is -2.32. The lowest BCUT2D eigenvalue weighted by molar-refractivity contribution is -0.154. The van der Waals surface area contributed by atoms with Crippen LogP contribution in [0.5, 0.6) is 5.88 Å². The van der Waals surface area contributed by atoms with E-state index in [0.717, 1.165) is 25.7 Å². The summed E-state index contributed by atoms with van der Waals surface area (Å²) in [7, 11) is 0. The number of halogens is 3. The van der Waals surface area contributed by atoms with Crippen LogP contribution in [0.1, 0.15) is 43.0 Å². The van der Waals surface area contributed by atoms with Crippen molar-refractivity contribution in [3.05, 3.63) is 23.9 Å². The van der Waals surface area contributed by atoms with E-state index in [-0.39, 0.29) is 29.2 Å². The van der Waals surface area contributed by atoms with Crippen LogP contribution in [0.25, 0.3) is 0 Å². The molecule has 2 rings (SSSR count). The maximum atomic E-state index is 12.6. The number of rotatable bonds is 7. The normalized spacial score (nSPS) is 17.5. The molecule has 1 aromatic heterocycles. The standard InChI is InChI=1S/C18H24F3N3O3/c1-2-3-8-22-16(25)14-5-4-9-24(11-14)17(26)13-6-7-15(23-10-13)27-12-18(19,20)21/h6-7,10,14H,2-5,8-9,11-12H2,1H3,(H,22,25). The Morgan fingerprint density at radius 1 is 1.37 bits per heavy atom. The number of aromatic nitrogens is 1. The molecule has 0 bridgehead atoms. The molecule has 27 heavy (non-hydrogen) atoms. The first kappa shape index (κ1) is 21.0. The van der Waals surface area contributed by atoms with Gasteiger partial charge >= 0.3 is 6.18 Å². The lowest BCUT2D eigenvalue weighted by Crippen LogP contribution is -2.45.